The molecule has 142 valence electrons. The van der Waals surface area contributed by atoms with Gasteiger partial charge in [0.25, 0.3) is 5.91 Å². The molecular weight excluding hydrogens is 352 g/mol. The first-order chi connectivity index (χ1) is 13.6. The molecule has 6 heteroatoms. The van der Waals surface area contributed by atoms with Gasteiger partial charge < -0.3 is 10.2 Å². The number of hydrogen-bond acceptors (Lipinski definition) is 5. The van der Waals surface area contributed by atoms with E-state index in [-0.39, 0.29) is 17.4 Å². The smallest absolute Gasteiger partial charge is 0.274 e. The van der Waals surface area contributed by atoms with E-state index >= 15 is 0 Å². The first-order valence-corrected chi connectivity index (χ1v) is 9.10. The number of amides is 1. The molecule has 2 aromatic carbocycles. The van der Waals surface area contributed by atoms with Crippen LogP contribution in [-0.4, -0.2) is 28.2 Å². The van der Waals surface area contributed by atoms with Gasteiger partial charge in [-0.2, -0.15) is 0 Å². The molecular formula is C22H22N4O2. The van der Waals surface area contributed by atoms with E-state index in [0.717, 1.165) is 6.54 Å². The van der Waals surface area contributed by atoms with Crippen molar-refractivity contribution in [1.29, 1.82) is 0 Å². The molecule has 3 rings (SSSR count). The summed E-state index contributed by atoms with van der Waals surface area (Å²) in [4.78, 5) is 34.4. The van der Waals surface area contributed by atoms with Crippen molar-refractivity contribution in [2.75, 3.05) is 16.8 Å². The lowest BCUT2D eigenvalue weighted by molar-refractivity contribution is 0.101. The summed E-state index contributed by atoms with van der Waals surface area (Å²) in [6.07, 6.45) is 1.40. The Morgan fingerprint density at radius 1 is 1.00 bits per heavy atom. The third-order valence-corrected chi connectivity index (χ3v) is 4.36. The Labute approximate surface area is 164 Å². The van der Waals surface area contributed by atoms with E-state index in [2.05, 4.69) is 32.3 Å². The minimum Gasteiger partial charge on any atom is -0.352 e. The highest BCUT2D eigenvalue weighted by Crippen LogP contribution is 2.16. The van der Waals surface area contributed by atoms with Crippen LogP contribution in [0.1, 0.15) is 40.3 Å². The van der Waals surface area contributed by atoms with Crippen molar-refractivity contribution >= 4 is 23.2 Å². The van der Waals surface area contributed by atoms with Crippen LogP contribution in [0.3, 0.4) is 0 Å². The highest BCUT2D eigenvalue weighted by atomic mass is 16.2. The molecule has 0 fully saturated rings. The molecule has 0 aliphatic rings. The Morgan fingerprint density at radius 2 is 1.71 bits per heavy atom. The highest BCUT2D eigenvalue weighted by molar-refractivity contribution is 6.03. The van der Waals surface area contributed by atoms with Crippen LogP contribution in [0.5, 0.6) is 0 Å². The number of nitrogens with zero attached hydrogens (tertiary/aromatic N) is 3. The summed E-state index contributed by atoms with van der Waals surface area (Å²) in [5.74, 6) is 0.352. The summed E-state index contributed by atoms with van der Waals surface area (Å²) in [7, 11) is 0. The van der Waals surface area contributed by atoms with Gasteiger partial charge in [-0.1, -0.05) is 30.3 Å². The molecule has 28 heavy (non-hydrogen) atoms. The number of Topliss-reactive ketones (excluding diaryl/α,β-unsaturated/α-hetero) is 1. The van der Waals surface area contributed by atoms with Crippen LogP contribution in [0.15, 0.2) is 67.0 Å². The minimum atomic E-state index is -0.324. The fourth-order valence-corrected chi connectivity index (χ4v) is 2.79. The van der Waals surface area contributed by atoms with Crippen molar-refractivity contribution < 1.29 is 9.59 Å². The summed E-state index contributed by atoms with van der Waals surface area (Å²) >= 11 is 0. The fraction of sp³-hybridized carbons (Fsp3) is 0.182. The van der Waals surface area contributed by atoms with Crippen molar-refractivity contribution in [3.05, 3.63) is 83.8 Å². The summed E-state index contributed by atoms with van der Waals surface area (Å²) in [6, 6.07) is 18.5. The monoisotopic (exact) mass is 374 g/mol. The second kappa shape index (κ2) is 8.90. The van der Waals surface area contributed by atoms with Gasteiger partial charge in [-0.05, 0) is 43.7 Å². The molecule has 1 amide bonds. The Bertz CT molecular complexity index is 956. The predicted molar refractivity (Wildman–Crippen MR) is 110 cm³/mol. The normalized spacial score (nSPS) is 10.4. The molecule has 0 saturated heterocycles. The van der Waals surface area contributed by atoms with Gasteiger partial charge >= 0.3 is 0 Å². The highest BCUT2D eigenvalue weighted by Gasteiger charge is 2.13. The zero-order valence-corrected chi connectivity index (χ0v) is 15.9. The second-order valence-corrected chi connectivity index (χ2v) is 6.35. The van der Waals surface area contributed by atoms with Gasteiger partial charge in [0.2, 0.25) is 0 Å². The van der Waals surface area contributed by atoms with Gasteiger partial charge in [-0.25, -0.2) is 9.97 Å². The van der Waals surface area contributed by atoms with Crippen molar-refractivity contribution in [2.24, 2.45) is 0 Å². The number of rotatable bonds is 7. The zero-order chi connectivity index (χ0) is 19.9. The number of benzene rings is 2. The molecule has 0 aliphatic heterocycles. The maximum Gasteiger partial charge on any atom is 0.274 e. The fourth-order valence-electron chi connectivity index (χ4n) is 2.79. The molecule has 0 aliphatic carbocycles. The second-order valence-electron chi connectivity index (χ2n) is 6.35. The first kappa shape index (κ1) is 19.2. The quantitative estimate of drug-likeness (QED) is 0.634. The topological polar surface area (TPSA) is 75.2 Å². The van der Waals surface area contributed by atoms with Gasteiger partial charge in [0, 0.05) is 30.4 Å². The van der Waals surface area contributed by atoms with E-state index in [1.54, 1.807) is 30.3 Å². The SMILES string of the molecule is CCN(Cc1ccccc1)c1cc(C(=O)Nc2ccc(C(C)=O)cc2)ncn1. The van der Waals surface area contributed by atoms with Crippen LogP contribution < -0.4 is 10.2 Å². The van der Waals surface area contributed by atoms with E-state index in [1.165, 1.54) is 18.8 Å². The van der Waals surface area contributed by atoms with Gasteiger partial charge in [0.05, 0.1) is 0 Å². The average Bonchev–Trinajstić information content (AvgIpc) is 2.73. The maximum absolute atomic E-state index is 12.6. The van der Waals surface area contributed by atoms with Gasteiger partial charge in [-0.15, -0.1) is 0 Å². The zero-order valence-electron chi connectivity index (χ0n) is 15.9. The van der Waals surface area contributed by atoms with E-state index < -0.39 is 0 Å². The lowest BCUT2D eigenvalue weighted by Crippen LogP contribution is -2.24. The minimum absolute atomic E-state index is 0.0172. The van der Waals surface area contributed by atoms with E-state index in [0.29, 0.717) is 23.6 Å². The van der Waals surface area contributed by atoms with E-state index in [4.69, 9.17) is 0 Å². The van der Waals surface area contributed by atoms with Crippen LogP contribution in [0.2, 0.25) is 0 Å². The molecule has 6 nitrogen and oxygen atoms in total. The van der Waals surface area contributed by atoms with Gasteiger partial charge in [-0.3, -0.25) is 9.59 Å². The molecule has 0 atom stereocenters. The van der Waals surface area contributed by atoms with Crippen molar-refractivity contribution in [3.63, 3.8) is 0 Å². The number of carbonyl (C=O) groups is 2. The molecule has 0 unspecified atom stereocenters. The Morgan fingerprint density at radius 3 is 2.36 bits per heavy atom. The van der Waals surface area contributed by atoms with Crippen LogP contribution in [0.4, 0.5) is 11.5 Å². The molecule has 0 radical (unpaired) electrons. The average molecular weight is 374 g/mol. The van der Waals surface area contributed by atoms with Crippen molar-refractivity contribution in [3.8, 4) is 0 Å². The number of hydrogen-bond donors (Lipinski definition) is 1. The summed E-state index contributed by atoms with van der Waals surface area (Å²) in [5, 5.41) is 2.80. The van der Waals surface area contributed by atoms with Crippen LogP contribution in [0, 0.1) is 0 Å². The van der Waals surface area contributed by atoms with E-state index in [1.807, 2.05) is 25.1 Å². The molecule has 1 N–H and O–H groups in total. The standard InChI is InChI=1S/C22H22N4O2/c1-3-26(14-17-7-5-4-6-8-17)21-13-20(23-15-24-21)22(28)25-19-11-9-18(10-12-19)16(2)27/h4-13,15H,3,14H2,1-2H3,(H,25,28). The summed E-state index contributed by atoms with van der Waals surface area (Å²) in [5.41, 5.74) is 2.65. The molecule has 0 spiro atoms. The number of nitrogens with one attached hydrogen (secondary N) is 1. The molecule has 0 bridgehead atoms. The Balaban J connectivity index is 1.74. The Hall–Kier alpha value is -3.54. The third-order valence-electron chi connectivity index (χ3n) is 4.36. The molecule has 1 aromatic heterocycles. The number of aromatic nitrogens is 2. The lowest BCUT2D eigenvalue weighted by Gasteiger charge is -2.22. The third kappa shape index (κ3) is 4.79. The van der Waals surface area contributed by atoms with Crippen LogP contribution in [-0.2, 0) is 6.54 Å². The van der Waals surface area contributed by atoms with Crippen molar-refractivity contribution in [2.45, 2.75) is 20.4 Å². The van der Waals surface area contributed by atoms with Gasteiger partial charge in [0.15, 0.2) is 5.78 Å². The number of ketones is 1. The molecule has 1 heterocycles. The van der Waals surface area contributed by atoms with Gasteiger partial charge in [0.1, 0.15) is 17.8 Å². The molecule has 3 aromatic rings. The lowest BCUT2D eigenvalue weighted by atomic mass is 10.1. The molecule has 0 saturated carbocycles. The first-order valence-electron chi connectivity index (χ1n) is 9.10. The van der Waals surface area contributed by atoms with Crippen molar-refractivity contribution in [1.82, 2.24) is 9.97 Å². The van der Waals surface area contributed by atoms with E-state index in [9.17, 15) is 9.59 Å². The number of carbonyl (C=O) groups excluding carboxylic acids is 2. The predicted octanol–water partition coefficient (Wildman–Crippen LogP) is 3.96. The Kier molecular flexibility index (Phi) is 6.11. The van der Waals surface area contributed by atoms with Crippen LogP contribution in [0.25, 0.3) is 0 Å². The summed E-state index contributed by atoms with van der Waals surface area (Å²) in [6.45, 7) is 4.99. The summed E-state index contributed by atoms with van der Waals surface area (Å²) < 4.78 is 0. The largest absolute Gasteiger partial charge is 0.352 e. The maximum atomic E-state index is 12.6. The van der Waals surface area contributed by atoms with Crippen LogP contribution >= 0.6 is 0 Å². The number of anilines is 2.